The van der Waals surface area contributed by atoms with Gasteiger partial charge in [0.05, 0.1) is 12.0 Å². The Labute approximate surface area is 70.3 Å². The zero-order valence-electron chi connectivity index (χ0n) is 6.41. The van der Waals surface area contributed by atoms with Gasteiger partial charge in [-0.3, -0.25) is 0 Å². The maximum atomic E-state index is 5.66. The number of nitrogens with two attached hydrogens (primary N) is 1. The zero-order valence-corrected chi connectivity index (χ0v) is 7.17. The highest BCUT2D eigenvalue weighted by Gasteiger charge is 2.20. The molecule has 0 radical (unpaired) electrons. The summed E-state index contributed by atoms with van der Waals surface area (Å²) < 4.78 is 5.05. The Kier molecular flexibility index (Phi) is 2.36. The fraction of sp³-hybridized carbons (Fsp3) is 0.500. The lowest BCUT2D eigenvalue weighted by atomic mass is 10.3. The third kappa shape index (κ3) is 1.46. The molecule has 1 aliphatic heterocycles. The molecule has 1 heterocycles. The number of hydrogen-bond acceptors (Lipinski definition) is 4. The van der Waals surface area contributed by atoms with Gasteiger partial charge in [0.2, 0.25) is 0 Å². The lowest BCUT2D eigenvalue weighted by Crippen LogP contribution is -2.39. The summed E-state index contributed by atoms with van der Waals surface area (Å²) in [4.78, 5) is 5.57. The van der Waals surface area contributed by atoms with Gasteiger partial charge in [0, 0.05) is 14.2 Å². The SMILES string of the molecule is COC1C(N)=C(Cl)N=CN1C. The van der Waals surface area contributed by atoms with E-state index in [4.69, 9.17) is 22.1 Å². The molecule has 1 atom stereocenters. The normalized spacial score (nSPS) is 24.6. The van der Waals surface area contributed by atoms with Crippen molar-refractivity contribution < 1.29 is 4.74 Å². The highest BCUT2D eigenvalue weighted by Crippen LogP contribution is 2.17. The molecule has 62 valence electrons. The molecule has 5 heteroatoms. The summed E-state index contributed by atoms with van der Waals surface area (Å²) in [5, 5.41) is 0.301. The van der Waals surface area contributed by atoms with Crippen molar-refractivity contribution in [1.82, 2.24) is 4.90 Å². The van der Waals surface area contributed by atoms with Crippen LogP contribution in [0.1, 0.15) is 0 Å². The maximum absolute atomic E-state index is 5.66. The predicted molar refractivity (Wildman–Crippen MR) is 44.1 cm³/mol. The largest absolute Gasteiger partial charge is 0.396 e. The van der Waals surface area contributed by atoms with Crippen LogP contribution in [0.3, 0.4) is 0 Å². The Morgan fingerprint density at radius 3 is 2.91 bits per heavy atom. The molecule has 1 rings (SSSR count). The van der Waals surface area contributed by atoms with Crippen molar-refractivity contribution >= 4 is 17.9 Å². The molecule has 2 N–H and O–H groups in total. The van der Waals surface area contributed by atoms with Crippen molar-refractivity contribution in [3.63, 3.8) is 0 Å². The van der Waals surface area contributed by atoms with Gasteiger partial charge in [-0.15, -0.1) is 0 Å². The lowest BCUT2D eigenvalue weighted by Gasteiger charge is -2.27. The number of hydrogen-bond donors (Lipinski definition) is 1. The zero-order chi connectivity index (χ0) is 8.43. The Bertz CT molecular complexity index is 214. The van der Waals surface area contributed by atoms with Crippen molar-refractivity contribution in [3.05, 3.63) is 10.9 Å². The van der Waals surface area contributed by atoms with Gasteiger partial charge in [0.1, 0.15) is 0 Å². The van der Waals surface area contributed by atoms with Crippen molar-refractivity contribution in [2.75, 3.05) is 14.2 Å². The van der Waals surface area contributed by atoms with E-state index in [2.05, 4.69) is 4.99 Å². The van der Waals surface area contributed by atoms with Gasteiger partial charge < -0.3 is 15.4 Å². The third-order valence-corrected chi connectivity index (χ3v) is 1.77. The second-order valence-electron chi connectivity index (χ2n) is 2.24. The maximum Gasteiger partial charge on any atom is 0.173 e. The van der Waals surface area contributed by atoms with E-state index in [9.17, 15) is 0 Å². The molecule has 4 nitrogen and oxygen atoms in total. The molecule has 0 aromatic rings. The number of rotatable bonds is 1. The van der Waals surface area contributed by atoms with Crippen LogP contribution in [-0.4, -0.2) is 31.6 Å². The minimum Gasteiger partial charge on any atom is -0.396 e. The second kappa shape index (κ2) is 3.11. The van der Waals surface area contributed by atoms with Crippen LogP contribution in [0.5, 0.6) is 0 Å². The fourth-order valence-corrected chi connectivity index (χ4v) is 1.03. The smallest absolute Gasteiger partial charge is 0.173 e. The van der Waals surface area contributed by atoms with E-state index in [-0.39, 0.29) is 6.23 Å². The molecule has 0 saturated carbocycles. The lowest BCUT2D eigenvalue weighted by molar-refractivity contribution is 0.0480. The van der Waals surface area contributed by atoms with Gasteiger partial charge in [0.25, 0.3) is 0 Å². The first-order valence-corrected chi connectivity index (χ1v) is 3.48. The Balaban J connectivity index is 2.87. The number of methoxy groups -OCH3 is 1. The molecular formula is C6H10ClN3O. The minimum atomic E-state index is -0.292. The van der Waals surface area contributed by atoms with Crippen LogP contribution < -0.4 is 5.73 Å². The van der Waals surface area contributed by atoms with Gasteiger partial charge in [-0.05, 0) is 0 Å². The molecule has 0 spiro atoms. The summed E-state index contributed by atoms with van der Waals surface area (Å²) in [7, 11) is 3.38. The first-order chi connectivity index (χ1) is 5.16. The van der Waals surface area contributed by atoms with Gasteiger partial charge in [-0.25, -0.2) is 4.99 Å². The van der Waals surface area contributed by atoms with E-state index < -0.39 is 0 Å². The van der Waals surface area contributed by atoms with Crippen molar-refractivity contribution in [2.24, 2.45) is 10.7 Å². The van der Waals surface area contributed by atoms with Gasteiger partial charge in [-0.2, -0.15) is 0 Å². The molecule has 0 bridgehead atoms. The molecule has 1 unspecified atom stereocenters. The van der Waals surface area contributed by atoms with Gasteiger partial charge in [0.15, 0.2) is 11.4 Å². The molecule has 0 saturated heterocycles. The molecular weight excluding hydrogens is 166 g/mol. The van der Waals surface area contributed by atoms with E-state index in [0.29, 0.717) is 10.9 Å². The first-order valence-electron chi connectivity index (χ1n) is 3.11. The Morgan fingerprint density at radius 2 is 2.45 bits per heavy atom. The van der Waals surface area contributed by atoms with Crippen molar-refractivity contribution in [1.29, 1.82) is 0 Å². The second-order valence-corrected chi connectivity index (χ2v) is 2.60. The first kappa shape index (κ1) is 8.36. The van der Waals surface area contributed by atoms with Crippen LogP contribution in [0.4, 0.5) is 0 Å². The molecule has 0 aromatic carbocycles. The standard InChI is InChI=1S/C6H10ClN3O/c1-10-3-9-5(7)4(8)6(10)11-2/h3,6H,8H2,1-2H3. The third-order valence-electron chi connectivity index (χ3n) is 1.45. The minimum absolute atomic E-state index is 0.292. The average molecular weight is 176 g/mol. The van der Waals surface area contributed by atoms with E-state index in [1.54, 1.807) is 18.3 Å². The fourth-order valence-electron chi connectivity index (χ4n) is 0.891. The molecule has 0 aromatic heterocycles. The van der Waals surface area contributed by atoms with E-state index in [1.165, 1.54) is 0 Å². The summed E-state index contributed by atoms with van der Waals surface area (Å²) in [5.41, 5.74) is 6.03. The molecule has 0 aliphatic carbocycles. The van der Waals surface area contributed by atoms with E-state index in [0.717, 1.165) is 0 Å². The summed E-state index contributed by atoms with van der Waals surface area (Å²) in [6.07, 6.45) is 1.28. The van der Waals surface area contributed by atoms with Crippen LogP contribution in [-0.2, 0) is 4.74 Å². The summed E-state index contributed by atoms with van der Waals surface area (Å²) in [5.74, 6) is 0. The number of halogens is 1. The van der Waals surface area contributed by atoms with Crippen LogP contribution in [0.15, 0.2) is 15.8 Å². The van der Waals surface area contributed by atoms with E-state index >= 15 is 0 Å². The Hall–Kier alpha value is -0.740. The molecule has 1 aliphatic rings. The monoisotopic (exact) mass is 175 g/mol. The molecule has 0 fully saturated rings. The van der Waals surface area contributed by atoms with Crippen LogP contribution in [0.2, 0.25) is 0 Å². The quantitative estimate of drug-likeness (QED) is 0.584. The summed E-state index contributed by atoms with van der Waals surface area (Å²) in [6, 6.07) is 0. The predicted octanol–water partition coefficient (Wildman–Crippen LogP) is 0.299. The Morgan fingerprint density at radius 1 is 1.82 bits per heavy atom. The van der Waals surface area contributed by atoms with Crippen LogP contribution >= 0.6 is 11.6 Å². The number of ether oxygens (including phenoxy) is 1. The van der Waals surface area contributed by atoms with Gasteiger partial charge in [-0.1, -0.05) is 11.6 Å². The van der Waals surface area contributed by atoms with Gasteiger partial charge >= 0.3 is 0 Å². The highest BCUT2D eigenvalue weighted by molar-refractivity contribution is 6.30. The molecule has 0 amide bonds. The average Bonchev–Trinajstić information content (AvgIpc) is 1.99. The summed E-state index contributed by atoms with van der Waals surface area (Å²) >= 11 is 5.66. The van der Waals surface area contributed by atoms with E-state index in [1.807, 2.05) is 7.05 Å². The topological polar surface area (TPSA) is 50.9 Å². The van der Waals surface area contributed by atoms with Crippen LogP contribution in [0.25, 0.3) is 0 Å². The molecule has 11 heavy (non-hydrogen) atoms. The number of aliphatic imine (C=N–C) groups is 1. The van der Waals surface area contributed by atoms with Crippen molar-refractivity contribution in [2.45, 2.75) is 6.23 Å². The number of nitrogens with zero attached hydrogens (tertiary/aromatic N) is 2. The summed E-state index contributed by atoms with van der Waals surface area (Å²) in [6.45, 7) is 0. The number of likely N-dealkylation sites (N-methyl/N-ethyl adjacent to an activating group) is 1. The van der Waals surface area contributed by atoms with Crippen molar-refractivity contribution in [3.8, 4) is 0 Å². The highest BCUT2D eigenvalue weighted by atomic mass is 35.5. The van der Waals surface area contributed by atoms with Crippen LogP contribution in [0, 0.1) is 0 Å².